The topological polar surface area (TPSA) is 103 Å². The van der Waals surface area contributed by atoms with Gasteiger partial charge in [0.05, 0.1) is 11.5 Å². The largest absolute Gasteiger partial charge is 0.492 e. The molecule has 0 spiro atoms. The van der Waals surface area contributed by atoms with Crippen molar-refractivity contribution in [1.82, 2.24) is 4.98 Å². The van der Waals surface area contributed by atoms with Crippen LogP contribution in [0.3, 0.4) is 0 Å². The fraction of sp³-hybridized carbons (Fsp3) is 0.154. The average Bonchev–Trinajstić information content (AvgIpc) is 2.44. The van der Waals surface area contributed by atoms with E-state index in [1.54, 1.807) is 24.3 Å². The molecule has 2 rings (SSSR count). The Labute approximate surface area is 129 Å². The number of nitrogens with two attached hydrogens (primary N) is 1. The van der Waals surface area contributed by atoms with Crippen LogP contribution in [0.1, 0.15) is 0 Å². The van der Waals surface area contributed by atoms with Gasteiger partial charge in [-0.1, -0.05) is 6.07 Å². The van der Waals surface area contributed by atoms with Crippen LogP contribution < -0.4 is 15.8 Å². The maximum absolute atomic E-state index is 10.9. The molecule has 0 saturated heterocycles. The third-order valence-electron chi connectivity index (χ3n) is 2.55. The summed E-state index contributed by atoms with van der Waals surface area (Å²) in [5.74, 6) is 0.856. The molecule has 1 aromatic heterocycles. The Morgan fingerprint density at radius 2 is 2.24 bits per heavy atom. The van der Waals surface area contributed by atoms with Gasteiger partial charge in [-0.15, -0.1) is 0 Å². The molecule has 0 bridgehead atoms. The number of anilines is 2. The number of nitrogen functional groups attached to an aromatic ring is 1. The van der Waals surface area contributed by atoms with E-state index in [0.29, 0.717) is 29.1 Å². The number of hydrogen-bond donors (Lipinski definition) is 2. The summed E-state index contributed by atoms with van der Waals surface area (Å²) in [5, 5.41) is 13.8. The van der Waals surface area contributed by atoms with E-state index in [1.807, 2.05) is 0 Å². The lowest BCUT2D eigenvalue weighted by Crippen LogP contribution is -2.13. The number of nitro groups is 1. The first-order valence-electron chi connectivity index (χ1n) is 6.08. The second-order valence-corrected chi connectivity index (χ2v) is 5.04. The minimum Gasteiger partial charge on any atom is -0.492 e. The normalized spacial score (nSPS) is 10.1. The summed E-state index contributed by atoms with van der Waals surface area (Å²) in [5.41, 5.74) is 6.16. The molecule has 0 atom stereocenters. The third-order valence-corrected chi connectivity index (χ3v) is 2.99. The number of rotatable bonds is 6. The summed E-state index contributed by atoms with van der Waals surface area (Å²) >= 11 is 3.15. The van der Waals surface area contributed by atoms with Gasteiger partial charge in [0, 0.05) is 28.5 Å². The van der Waals surface area contributed by atoms with Crippen molar-refractivity contribution in [2.24, 2.45) is 0 Å². The summed E-state index contributed by atoms with van der Waals surface area (Å²) in [6.07, 6.45) is 1.49. The van der Waals surface area contributed by atoms with Crippen molar-refractivity contribution in [1.29, 1.82) is 0 Å². The standard InChI is InChI=1S/C13H13BrN4O3/c14-9-6-12(18(19)20)13(17-8-9)16-4-5-21-11-3-1-2-10(15)7-11/h1-3,6-8H,4-5,15H2,(H,16,17). The lowest BCUT2D eigenvalue weighted by Gasteiger charge is -2.08. The molecular weight excluding hydrogens is 340 g/mol. The van der Waals surface area contributed by atoms with E-state index in [0.717, 1.165) is 0 Å². The predicted octanol–water partition coefficient (Wildman–Crippen LogP) is 2.83. The van der Waals surface area contributed by atoms with E-state index < -0.39 is 4.92 Å². The van der Waals surface area contributed by atoms with Gasteiger partial charge in [-0.25, -0.2) is 4.98 Å². The van der Waals surface area contributed by atoms with Gasteiger partial charge in [0.15, 0.2) is 0 Å². The van der Waals surface area contributed by atoms with Gasteiger partial charge in [0.2, 0.25) is 5.82 Å². The predicted molar refractivity (Wildman–Crippen MR) is 83.4 cm³/mol. The Balaban J connectivity index is 1.90. The van der Waals surface area contributed by atoms with Crippen molar-refractivity contribution in [3.8, 4) is 5.75 Å². The Morgan fingerprint density at radius 1 is 1.43 bits per heavy atom. The highest BCUT2D eigenvalue weighted by atomic mass is 79.9. The average molecular weight is 353 g/mol. The molecule has 0 unspecified atom stereocenters. The fourth-order valence-corrected chi connectivity index (χ4v) is 1.97. The number of hydrogen-bond acceptors (Lipinski definition) is 6. The molecule has 8 heteroatoms. The van der Waals surface area contributed by atoms with Crippen molar-refractivity contribution >= 4 is 33.1 Å². The van der Waals surface area contributed by atoms with Gasteiger partial charge >= 0.3 is 5.69 Å². The summed E-state index contributed by atoms with van der Waals surface area (Å²) < 4.78 is 6.03. The van der Waals surface area contributed by atoms with Crippen LogP contribution >= 0.6 is 15.9 Å². The van der Waals surface area contributed by atoms with Gasteiger partial charge < -0.3 is 15.8 Å². The maximum atomic E-state index is 10.9. The minimum absolute atomic E-state index is 0.0895. The molecule has 2 aromatic rings. The van der Waals surface area contributed by atoms with Crippen molar-refractivity contribution in [2.45, 2.75) is 0 Å². The van der Waals surface area contributed by atoms with Gasteiger partial charge in [-0.2, -0.15) is 0 Å². The molecule has 0 amide bonds. The number of benzene rings is 1. The van der Waals surface area contributed by atoms with Crippen LogP contribution in [-0.2, 0) is 0 Å². The highest BCUT2D eigenvalue weighted by Gasteiger charge is 2.15. The number of ether oxygens (including phenoxy) is 1. The molecule has 1 aromatic carbocycles. The monoisotopic (exact) mass is 352 g/mol. The summed E-state index contributed by atoms with van der Waals surface area (Å²) in [4.78, 5) is 14.4. The summed E-state index contributed by atoms with van der Waals surface area (Å²) in [7, 11) is 0. The SMILES string of the molecule is Nc1cccc(OCCNc2ncc(Br)cc2[N+](=O)[O-])c1. The van der Waals surface area contributed by atoms with Crippen molar-refractivity contribution in [3.63, 3.8) is 0 Å². The Morgan fingerprint density at radius 3 is 2.95 bits per heavy atom. The number of aromatic nitrogens is 1. The molecule has 0 aliphatic rings. The molecule has 0 fully saturated rings. The van der Waals surface area contributed by atoms with Gasteiger partial charge in [-0.05, 0) is 28.1 Å². The van der Waals surface area contributed by atoms with Crippen LogP contribution in [0.15, 0.2) is 41.0 Å². The summed E-state index contributed by atoms with van der Waals surface area (Å²) in [6, 6.07) is 8.45. The van der Waals surface area contributed by atoms with Crippen molar-refractivity contribution in [3.05, 3.63) is 51.1 Å². The van der Waals surface area contributed by atoms with E-state index in [-0.39, 0.29) is 11.5 Å². The number of nitrogens with zero attached hydrogens (tertiary/aromatic N) is 2. The van der Waals surface area contributed by atoms with Crippen molar-refractivity contribution < 1.29 is 9.66 Å². The number of halogens is 1. The molecule has 1 heterocycles. The molecule has 0 radical (unpaired) electrons. The van der Waals surface area contributed by atoms with E-state index in [1.165, 1.54) is 12.3 Å². The molecular formula is C13H13BrN4O3. The van der Waals surface area contributed by atoms with Gasteiger partial charge in [-0.3, -0.25) is 10.1 Å². The lowest BCUT2D eigenvalue weighted by atomic mass is 10.3. The first-order valence-corrected chi connectivity index (χ1v) is 6.87. The van der Waals surface area contributed by atoms with Crippen LogP contribution in [0.25, 0.3) is 0 Å². The smallest absolute Gasteiger partial charge is 0.312 e. The van der Waals surface area contributed by atoms with E-state index in [4.69, 9.17) is 10.5 Å². The lowest BCUT2D eigenvalue weighted by molar-refractivity contribution is -0.384. The molecule has 0 aliphatic carbocycles. The van der Waals surface area contributed by atoms with E-state index in [2.05, 4.69) is 26.2 Å². The number of pyridine rings is 1. The van der Waals surface area contributed by atoms with E-state index in [9.17, 15) is 10.1 Å². The second kappa shape index (κ2) is 6.89. The highest BCUT2D eigenvalue weighted by molar-refractivity contribution is 9.10. The first kappa shape index (κ1) is 15.0. The Kier molecular flexibility index (Phi) is 4.94. The van der Waals surface area contributed by atoms with Gasteiger partial charge in [0.25, 0.3) is 0 Å². The van der Waals surface area contributed by atoms with Gasteiger partial charge in [0.1, 0.15) is 12.4 Å². The van der Waals surface area contributed by atoms with Crippen LogP contribution in [0, 0.1) is 10.1 Å². The van der Waals surface area contributed by atoms with Crippen LogP contribution in [0.2, 0.25) is 0 Å². The quantitative estimate of drug-likeness (QED) is 0.358. The number of nitrogens with one attached hydrogen (secondary N) is 1. The maximum Gasteiger partial charge on any atom is 0.312 e. The molecule has 21 heavy (non-hydrogen) atoms. The van der Waals surface area contributed by atoms with Crippen LogP contribution in [-0.4, -0.2) is 23.1 Å². The first-order chi connectivity index (χ1) is 10.1. The molecule has 3 N–H and O–H groups in total. The molecule has 7 nitrogen and oxygen atoms in total. The fourth-order valence-electron chi connectivity index (χ4n) is 1.65. The van der Waals surface area contributed by atoms with Crippen LogP contribution in [0.4, 0.5) is 17.2 Å². The second-order valence-electron chi connectivity index (χ2n) is 4.13. The zero-order valence-corrected chi connectivity index (χ0v) is 12.5. The summed E-state index contributed by atoms with van der Waals surface area (Å²) in [6.45, 7) is 0.711. The Bertz CT molecular complexity index is 651. The zero-order chi connectivity index (χ0) is 15.2. The third kappa shape index (κ3) is 4.32. The minimum atomic E-state index is -0.487. The van der Waals surface area contributed by atoms with E-state index >= 15 is 0 Å². The molecule has 0 saturated carbocycles. The van der Waals surface area contributed by atoms with Crippen molar-refractivity contribution in [2.75, 3.05) is 24.2 Å². The van der Waals surface area contributed by atoms with Crippen LogP contribution in [0.5, 0.6) is 5.75 Å². The zero-order valence-electron chi connectivity index (χ0n) is 11.0. The molecule has 0 aliphatic heterocycles. The Hall–Kier alpha value is -2.35. The molecule has 110 valence electrons. The highest BCUT2D eigenvalue weighted by Crippen LogP contribution is 2.25.